The van der Waals surface area contributed by atoms with Crippen LogP contribution in [0.25, 0.3) is 22.5 Å². The molecule has 44 heavy (non-hydrogen) atoms. The molecular formula is C30H27F3N8O2S. The van der Waals surface area contributed by atoms with E-state index < -0.39 is 40.8 Å². The fraction of sp³-hybridized carbons (Fsp3) is 0.233. The van der Waals surface area contributed by atoms with Crippen LogP contribution < -0.4 is 15.5 Å². The number of carbonyl (C=O) groups is 1. The number of piperidine rings is 1. The highest BCUT2D eigenvalue weighted by atomic mass is 32.1. The summed E-state index contributed by atoms with van der Waals surface area (Å²) in [7, 11) is 0. The van der Waals surface area contributed by atoms with Crippen molar-refractivity contribution >= 4 is 28.8 Å². The molecule has 1 saturated heterocycles. The van der Waals surface area contributed by atoms with Gasteiger partial charge in [-0.3, -0.25) is 4.98 Å². The number of halogens is 3. The largest absolute Gasteiger partial charge is 0.465 e. The Labute approximate surface area is 254 Å². The Morgan fingerprint density at radius 1 is 1.09 bits per heavy atom. The number of hydrogen-bond donors (Lipinski definition) is 3. The molecule has 1 fully saturated rings. The van der Waals surface area contributed by atoms with Gasteiger partial charge in [-0.25, -0.2) is 27.6 Å². The summed E-state index contributed by atoms with van der Waals surface area (Å²) in [5.74, 6) is -2.71. The zero-order valence-corrected chi connectivity index (χ0v) is 24.2. The molecule has 10 nitrogen and oxygen atoms in total. The molecule has 0 aliphatic carbocycles. The summed E-state index contributed by atoms with van der Waals surface area (Å²) in [4.78, 5) is 22.3. The lowest BCUT2D eigenvalue weighted by Crippen LogP contribution is -2.56. The van der Waals surface area contributed by atoms with Gasteiger partial charge in [-0.05, 0) is 47.7 Å². The average Bonchev–Trinajstić information content (AvgIpc) is 3.70. The minimum Gasteiger partial charge on any atom is -0.465 e. The maximum atomic E-state index is 14.6. The van der Waals surface area contributed by atoms with Crippen LogP contribution in [-0.2, 0) is 6.54 Å². The van der Waals surface area contributed by atoms with Crippen molar-refractivity contribution in [2.75, 3.05) is 23.3 Å². The Morgan fingerprint density at radius 3 is 2.66 bits per heavy atom. The minimum absolute atomic E-state index is 0.0457. The van der Waals surface area contributed by atoms with E-state index in [1.807, 2.05) is 36.0 Å². The van der Waals surface area contributed by atoms with Crippen LogP contribution in [0, 0.1) is 23.4 Å². The second-order valence-electron chi connectivity index (χ2n) is 10.5. The first-order valence-corrected chi connectivity index (χ1v) is 14.7. The summed E-state index contributed by atoms with van der Waals surface area (Å²) in [6.45, 7) is 3.04. The van der Waals surface area contributed by atoms with Crippen molar-refractivity contribution in [1.82, 2.24) is 30.3 Å². The summed E-state index contributed by atoms with van der Waals surface area (Å²) >= 11 is 1.56. The zero-order chi connectivity index (χ0) is 30.8. The zero-order valence-electron chi connectivity index (χ0n) is 23.4. The molecule has 0 spiro atoms. The molecule has 0 bridgehead atoms. The third kappa shape index (κ3) is 5.93. The maximum Gasteiger partial charge on any atom is 0.405 e. The molecule has 0 unspecified atom stereocenters. The van der Waals surface area contributed by atoms with Crippen molar-refractivity contribution in [2.45, 2.75) is 25.6 Å². The monoisotopic (exact) mass is 620 g/mol. The Kier molecular flexibility index (Phi) is 8.15. The number of thiophene rings is 1. The van der Waals surface area contributed by atoms with E-state index in [2.05, 4.69) is 35.8 Å². The highest BCUT2D eigenvalue weighted by Crippen LogP contribution is 2.35. The highest BCUT2D eigenvalue weighted by Gasteiger charge is 2.38. The summed E-state index contributed by atoms with van der Waals surface area (Å²) in [5, 5.41) is 28.2. The van der Waals surface area contributed by atoms with Crippen LogP contribution in [0.3, 0.4) is 0 Å². The van der Waals surface area contributed by atoms with Crippen molar-refractivity contribution in [1.29, 1.82) is 0 Å². The minimum atomic E-state index is -1.15. The van der Waals surface area contributed by atoms with E-state index in [1.54, 1.807) is 28.4 Å². The first-order valence-electron chi connectivity index (χ1n) is 13.7. The smallest absolute Gasteiger partial charge is 0.405 e. The van der Waals surface area contributed by atoms with E-state index in [0.29, 0.717) is 30.2 Å². The molecular weight excluding hydrogens is 593 g/mol. The van der Waals surface area contributed by atoms with Crippen LogP contribution in [0.15, 0.2) is 71.8 Å². The van der Waals surface area contributed by atoms with E-state index in [1.165, 1.54) is 12.1 Å². The molecule has 3 N–H and O–H groups in total. The number of aromatic nitrogens is 5. The van der Waals surface area contributed by atoms with E-state index in [0.717, 1.165) is 29.4 Å². The lowest BCUT2D eigenvalue weighted by atomic mass is 9.89. The summed E-state index contributed by atoms with van der Waals surface area (Å²) in [6, 6.07) is 8.82. The molecule has 0 radical (unpaired) electrons. The first-order chi connectivity index (χ1) is 21.3. The Hall–Kier alpha value is -4.98. The van der Waals surface area contributed by atoms with Crippen LogP contribution in [0.4, 0.5) is 29.3 Å². The second-order valence-corrected chi connectivity index (χ2v) is 11.3. The van der Waals surface area contributed by atoms with Crippen LogP contribution in [0.1, 0.15) is 18.7 Å². The molecule has 4 aromatic heterocycles. The van der Waals surface area contributed by atoms with Crippen LogP contribution in [0.2, 0.25) is 0 Å². The molecule has 6 rings (SSSR count). The number of nitrogens with zero attached hydrogens (tertiary/aromatic N) is 6. The standard InChI is InChI=1S/C30H27F3N8O2S/c1-17-13-40(14-25(37-30(42)43)29(17)41-15-24(38-39-41)18-8-10-44-16-18)26-7-9-34-12-23(26)35-11-19-5-6-22(33)28(36-19)27-20(31)3-2-4-21(27)32/h2-10,12,15-17,25,29,35,37H,11,13-14H2,1H3,(H,42,43)/t17-,25+,29-/m0/s1. The summed E-state index contributed by atoms with van der Waals surface area (Å²) in [5.41, 5.74) is 2.45. The van der Waals surface area contributed by atoms with Gasteiger partial charge in [0.05, 0.1) is 53.7 Å². The molecule has 5 heterocycles. The average molecular weight is 621 g/mol. The van der Waals surface area contributed by atoms with Crippen molar-refractivity contribution in [3.63, 3.8) is 0 Å². The normalized spacial score (nSPS) is 18.3. The number of amides is 1. The van der Waals surface area contributed by atoms with E-state index in [9.17, 15) is 23.1 Å². The number of nitrogens with one attached hydrogen (secondary N) is 2. The van der Waals surface area contributed by atoms with Crippen molar-refractivity contribution in [3.8, 4) is 22.5 Å². The van der Waals surface area contributed by atoms with Gasteiger partial charge in [-0.1, -0.05) is 18.2 Å². The van der Waals surface area contributed by atoms with Gasteiger partial charge in [-0.2, -0.15) is 11.3 Å². The van der Waals surface area contributed by atoms with Crippen LogP contribution >= 0.6 is 11.3 Å². The van der Waals surface area contributed by atoms with Crippen LogP contribution in [0.5, 0.6) is 0 Å². The molecule has 3 atom stereocenters. The third-order valence-electron chi connectivity index (χ3n) is 7.56. The first kappa shape index (κ1) is 29.1. The fourth-order valence-electron chi connectivity index (χ4n) is 5.63. The topological polar surface area (TPSA) is 121 Å². The van der Waals surface area contributed by atoms with E-state index in [4.69, 9.17) is 0 Å². The van der Waals surface area contributed by atoms with Gasteiger partial charge in [0, 0.05) is 30.2 Å². The van der Waals surface area contributed by atoms with E-state index in [-0.39, 0.29) is 18.5 Å². The maximum absolute atomic E-state index is 14.6. The van der Waals surface area contributed by atoms with Crippen molar-refractivity contribution in [3.05, 3.63) is 95.0 Å². The van der Waals surface area contributed by atoms with Gasteiger partial charge in [0.15, 0.2) is 0 Å². The number of pyridine rings is 2. The van der Waals surface area contributed by atoms with Gasteiger partial charge in [0.1, 0.15) is 28.8 Å². The Balaban J connectivity index is 1.23. The molecule has 226 valence electrons. The summed E-state index contributed by atoms with van der Waals surface area (Å²) < 4.78 is 45.1. The molecule has 5 aromatic rings. The lowest BCUT2D eigenvalue weighted by Gasteiger charge is -2.43. The highest BCUT2D eigenvalue weighted by molar-refractivity contribution is 7.08. The lowest BCUT2D eigenvalue weighted by molar-refractivity contribution is 0.167. The Bertz CT molecular complexity index is 1760. The molecule has 1 aromatic carbocycles. The van der Waals surface area contributed by atoms with Gasteiger partial charge in [-0.15, -0.1) is 5.10 Å². The molecule has 14 heteroatoms. The van der Waals surface area contributed by atoms with E-state index >= 15 is 0 Å². The number of rotatable bonds is 8. The fourth-order valence-corrected chi connectivity index (χ4v) is 6.28. The SMILES string of the molecule is C[C@H]1CN(c2ccncc2NCc2ccc(F)c(-c3c(F)cccc3F)n2)C[C@@H](NC(=O)O)[C@H]1n1cc(-c2ccsc2)nn1. The van der Waals surface area contributed by atoms with Gasteiger partial charge in [0.25, 0.3) is 0 Å². The molecule has 1 aliphatic rings. The number of hydrogen-bond acceptors (Lipinski definition) is 8. The van der Waals surface area contributed by atoms with Gasteiger partial charge < -0.3 is 20.6 Å². The summed E-state index contributed by atoms with van der Waals surface area (Å²) in [6.07, 6.45) is 3.95. The predicted octanol–water partition coefficient (Wildman–Crippen LogP) is 5.83. The quantitative estimate of drug-likeness (QED) is 0.198. The van der Waals surface area contributed by atoms with Gasteiger partial charge >= 0.3 is 6.09 Å². The number of benzene rings is 1. The van der Waals surface area contributed by atoms with Crippen molar-refractivity contribution in [2.24, 2.45) is 5.92 Å². The van der Waals surface area contributed by atoms with Gasteiger partial charge in [0.2, 0.25) is 0 Å². The molecule has 0 saturated carbocycles. The van der Waals surface area contributed by atoms with Crippen molar-refractivity contribution < 1.29 is 23.1 Å². The number of carboxylic acid groups (broad SMARTS) is 1. The molecule has 1 amide bonds. The third-order valence-corrected chi connectivity index (χ3v) is 8.25. The molecule has 1 aliphatic heterocycles. The van der Waals surface area contributed by atoms with Crippen LogP contribution in [-0.4, -0.2) is 55.3 Å². The Morgan fingerprint density at radius 2 is 1.91 bits per heavy atom. The second kappa shape index (κ2) is 12.3. The predicted molar refractivity (Wildman–Crippen MR) is 160 cm³/mol. The number of anilines is 2.